The highest BCUT2D eigenvalue weighted by atomic mass is 19.1. The third-order valence-corrected chi connectivity index (χ3v) is 1.87. The Labute approximate surface area is 81.7 Å². The van der Waals surface area contributed by atoms with Gasteiger partial charge in [-0.2, -0.15) is 0 Å². The first kappa shape index (κ1) is 10.9. The molecular formula is C11H12F2O. The second-order valence-electron chi connectivity index (χ2n) is 3.04. The molecule has 0 atom stereocenters. The van der Waals surface area contributed by atoms with Gasteiger partial charge in [-0.1, -0.05) is 12.2 Å². The van der Waals surface area contributed by atoms with Crippen LogP contribution in [0.5, 0.6) is 0 Å². The lowest BCUT2D eigenvalue weighted by Crippen LogP contribution is -1.89. The zero-order valence-corrected chi connectivity index (χ0v) is 7.93. The van der Waals surface area contributed by atoms with Gasteiger partial charge in [0.05, 0.1) is 0 Å². The van der Waals surface area contributed by atoms with Crippen LogP contribution < -0.4 is 0 Å². The molecule has 0 spiro atoms. The monoisotopic (exact) mass is 198 g/mol. The predicted molar refractivity (Wildman–Crippen MR) is 51.8 cm³/mol. The molecule has 0 aromatic heterocycles. The summed E-state index contributed by atoms with van der Waals surface area (Å²) in [6.07, 6.45) is 3.66. The van der Waals surface area contributed by atoms with Crippen LogP contribution in [0.15, 0.2) is 18.2 Å². The minimum atomic E-state index is -0.581. The average Bonchev–Trinajstić information content (AvgIpc) is 2.14. The molecule has 0 saturated carbocycles. The number of aliphatic hydroxyl groups excluding tert-OH is 1. The second kappa shape index (κ2) is 4.86. The Morgan fingerprint density at radius 1 is 1.29 bits per heavy atom. The van der Waals surface area contributed by atoms with Crippen LogP contribution >= 0.6 is 0 Å². The third-order valence-electron chi connectivity index (χ3n) is 1.87. The first-order chi connectivity index (χ1) is 6.65. The molecule has 0 aliphatic rings. The summed E-state index contributed by atoms with van der Waals surface area (Å²) in [7, 11) is 0. The number of hydrogen-bond donors (Lipinski definition) is 1. The fourth-order valence-electron chi connectivity index (χ4n) is 1.09. The number of hydrogen-bond acceptors (Lipinski definition) is 1. The first-order valence-electron chi connectivity index (χ1n) is 4.38. The van der Waals surface area contributed by atoms with Crippen molar-refractivity contribution in [3.05, 3.63) is 41.0 Å². The molecule has 1 aromatic rings. The standard InChI is InChI=1S/C11H12F2O/c1-8-6-9(4-2-3-5-14)11(13)7-10(8)12/h2,4,6-7,14H,3,5H2,1H3. The molecule has 0 bridgehead atoms. The van der Waals surface area contributed by atoms with Crippen molar-refractivity contribution in [1.82, 2.24) is 0 Å². The van der Waals surface area contributed by atoms with E-state index in [-0.39, 0.29) is 6.61 Å². The molecule has 0 fully saturated rings. The molecule has 1 aromatic carbocycles. The summed E-state index contributed by atoms with van der Waals surface area (Å²) in [4.78, 5) is 0. The summed E-state index contributed by atoms with van der Waals surface area (Å²) in [6, 6.07) is 2.31. The quantitative estimate of drug-likeness (QED) is 0.791. The lowest BCUT2D eigenvalue weighted by molar-refractivity contribution is 0.303. The summed E-state index contributed by atoms with van der Waals surface area (Å²) in [6.45, 7) is 1.61. The van der Waals surface area contributed by atoms with Gasteiger partial charge in [0.15, 0.2) is 0 Å². The Bertz CT molecular complexity index is 345. The van der Waals surface area contributed by atoms with Crippen molar-refractivity contribution >= 4 is 6.08 Å². The molecule has 1 nitrogen and oxygen atoms in total. The fraction of sp³-hybridized carbons (Fsp3) is 0.273. The van der Waals surface area contributed by atoms with Gasteiger partial charge in [-0.3, -0.25) is 0 Å². The van der Waals surface area contributed by atoms with Crippen LogP contribution in [0.1, 0.15) is 17.5 Å². The normalized spacial score (nSPS) is 11.1. The average molecular weight is 198 g/mol. The van der Waals surface area contributed by atoms with E-state index in [1.54, 1.807) is 13.0 Å². The van der Waals surface area contributed by atoms with E-state index < -0.39 is 11.6 Å². The predicted octanol–water partition coefficient (Wildman–Crippen LogP) is 2.67. The molecule has 1 N–H and O–H groups in total. The minimum absolute atomic E-state index is 0.0261. The summed E-state index contributed by atoms with van der Waals surface area (Å²) >= 11 is 0. The van der Waals surface area contributed by atoms with Crippen molar-refractivity contribution in [1.29, 1.82) is 0 Å². The third kappa shape index (κ3) is 2.64. The molecule has 3 heteroatoms. The van der Waals surface area contributed by atoms with E-state index in [2.05, 4.69) is 0 Å². The molecule has 0 saturated heterocycles. The fourth-order valence-corrected chi connectivity index (χ4v) is 1.09. The van der Waals surface area contributed by atoms with Crippen molar-refractivity contribution < 1.29 is 13.9 Å². The van der Waals surface area contributed by atoms with Gasteiger partial charge in [0.25, 0.3) is 0 Å². The van der Waals surface area contributed by atoms with Gasteiger partial charge in [0, 0.05) is 18.2 Å². The van der Waals surface area contributed by atoms with E-state index in [1.807, 2.05) is 0 Å². The van der Waals surface area contributed by atoms with E-state index in [9.17, 15) is 8.78 Å². The Morgan fingerprint density at radius 2 is 2.00 bits per heavy atom. The second-order valence-corrected chi connectivity index (χ2v) is 3.04. The van der Waals surface area contributed by atoms with Crippen molar-refractivity contribution in [2.75, 3.05) is 6.61 Å². The summed E-state index contributed by atoms with van der Waals surface area (Å²) in [5, 5.41) is 8.51. The zero-order valence-electron chi connectivity index (χ0n) is 7.93. The highest BCUT2D eigenvalue weighted by Crippen LogP contribution is 2.15. The van der Waals surface area contributed by atoms with Crippen LogP contribution in [0.4, 0.5) is 8.78 Å². The topological polar surface area (TPSA) is 20.2 Å². The molecule has 0 radical (unpaired) electrons. The van der Waals surface area contributed by atoms with Crippen LogP contribution in [0.2, 0.25) is 0 Å². The Hall–Kier alpha value is -1.22. The summed E-state index contributed by atoms with van der Waals surface area (Å²) < 4.78 is 25.9. The lowest BCUT2D eigenvalue weighted by Gasteiger charge is -2.00. The molecule has 1 rings (SSSR count). The number of benzene rings is 1. The van der Waals surface area contributed by atoms with Crippen LogP contribution in [-0.4, -0.2) is 11.7 Å². The summed E-state index contributed by atoms with van der Waals surface area (Å²) in [5.74, 6) is -1.12. The van der Waals surface area contributed by atoms with E-state index in [4.69, 9.17) is 5.11 Å². The van der Waals surface area contributed by atoms with Gasteiger partial charge in [0.1, 0.15) is 11.6 Å². The Balaban J connectivity index is 2.92. The van der Waals surface area contributed by atoms with Crippen LogP contribution in [-0.2, 0) is 0 Å². The molecule has 0 heterocycles. The van der Waals surface area contributed by atoms with E-state index in [0.717, 1.165) is 6.07 Å². The highest BCUT2D eigenvalue weighted by Gasteiger charge is 2.03. The van der Waals surface area contributed by atoms with E-state index in [0.29, 0.717) is 17.5 Å². The summed E-state index contributed by atoms with van der Waals surface area (Å²) in [5.41, 5.74) is 0.757. The maximum Gasteiger partial charge on any atom is 0.133 e. The van der Waals surface area contributed by atoms with Crippen LogP contribution in [0.25, 0.3) is 6.08 Å². The highest BCUT2D eigenvalue weighted by molar-refractivity contribution is 5.51. The Morgan fingerprint density at radius 3 is 2.64 bits per heavy atom. The molecule has 0 amide bonds. The van der Waals surface area contributed by atoms with Gasteiger partial charge in [-0.15, -0.1) is 0 Å². The smallest absolute Gasteiger partial charge is 0.133 e. The zero-order chi connectivity index (χ0) is 10.6. The first-order valence-corrected chi connectivity index (χ1v) is 4.38. The van der Waals surface area contributed by atoms with Crippen LogP contribution in [0.3, 0.4) is 0 Å². The lowest BCUT2D eigenvalue weighted by atomic mass is 10.1. The number of rotatable bonds is 3. The van der Waals surface area contributed by atoms with Gasteiger partial charge in [-0.25, -0.2) is 8.78 Å². The van der Waals surface area contributed by atoms with Crippen molar-refractivity contribution in [3.8, 4) is 0 Å². The van der Waals surface area contributed by atoms with Crippen LogP contribution in [0, 0.1) is 18.6 Å². The van der Waals surface area contributed by atoms with Gasteiger partial charge >= 0.3 is 0 Å². The minimum Gasteiger partial charge on any atom is -0.396 e. The number of halogens is 2. The molecule has 0 aliphatic carbocycles. The Kier molecular flexibility index (Phi) is 3.77. The molecular weight excluding hydrogens is 186 g/mol. The van der Waals surface area contributed by atoms with Crippen molar-refractivity contribution in [2.24, 2.45) is 0 Å². The van der Waals surface area contributed by atoms with Crippen molar-refractivity contribution in [3.63, 3.8) is 0 Å². The molecule has 0 unspecified atom stereocenters. The SMILES string of the molecule is Cc1cc(C=CCCO)c(F)cc1F. The largest absolute Gasteiger partial charge is 0.396 e. The van der Waals surface area contributed by atoms with Gasteiger partial charge in [0.2, 0.25) is 0 Å². The molecule has 0 aliphatic heterocycles. The van der Waals surface area contributed by atoms with Gasteiger partial charge < -0.3 is 5.11 Å². The van der Waals surface area contributed by atoms with Crippen molar-refractivity contribution in [2.45, 2.75) is 13.3 Å². The number of aryl methyl sites for hydroxylation is 1. The molecule has 14 heavy (non-hydrogen) atoms. The van der Waals surface area contributed by atoms with Gasteiger partial charge in [-0.05, 0) is 25.0 Å². The van der Waals surface area contributed by atoms with E-state index >= 15 is 0 Å². The molecule has 76 valence electrons. The maximum atomic E-state index is 13.1. The number of aliphatic hydroxyl groups is 1. The maximum absolute atomic E-state index is 13.1. The van der Waals surface area contributed by atoms with E-state index in [1.165, 1.54) is 12.1 Å².